The predicted octanol–water partition coefficient (Wildman–Crippen LogP) is 2.26. The molecule has 3 nitrogen and oxygen atoms in total. The average molecular weight is 220 g/mol. The van der Waals surface area contributed by atoms with Crippen molar-refractivity contribution >= 4 is 11.8 Å². The maximum Gasteiger partial charge on any atom is 0.316 e. The molecule has 0 aromatic heterocycles. The first-order valence-electron chi connectivity index (χ1n) is 5.23. The Hall–Kier alpha value is -1.64. The smallest absolute Gasteiger partial charge is 0.316 e. The molecular formula is C13H16O3. The minimum atomic E-state index is -0.676. The SMILES string of the molecule is CC(=O)C(C)C(=O)OCc1cccc(C)c1. The van der Waals surface area contributed by atoms with Gasteiger partial charge in [-0.1, -0.05) is 29.8 Å². The molecule has 0 heterocycles. The van der Waals surface area contributed by atoms with Crippen LogP contribution in [0.4, 0.5) is 0 Å². The van der Waals surface area contributed by atoms with E-state index in [-0.39, 0.29) is 12.4 Å². The minimum Gasteiger partial charge on any atom is -0.460 e. The normalized spacial score (nSPS) is 11.9. The largest absolute Gasteiger partial charge is 0.460 e. The van der Waals surface area contributed by atoms with Crippen LogP contribution >= 0.6 is 0 Å². The standard InChI is InChI=1S/C13H16O3/c1-9-5-4-6-12(7-9)8-16-13(15)10(2)11(3)14/h4-7,10H,8H2,1-3H3. The Bertz CT molecular complexity index is 396. The first-order valence-corrected chi connectivity index (χ1v) is 5.23. The van der Waals surface area contributed by atoms with Crippen molar-refractivity contribution < 1.29 is 14.3 Å². The van der Waals surface area contributed by atoms with Gasteiger partial charge in [-0.3, -0.25) is 9.59 Å². The Morgan fingerprint density at radius 1 is 1.38 bits per heavy atom. The number of Topliss-reactive ketones (excluding diaryl/α,β-unsaturated/α-hetero) is 1. The molecule has 0 saturated carbocycles. The summed E-state index contributed by atoms with van der Waals surface area (Å²) in [6.45, 7) is 5.14. The third-order valence-electron chi connectivity index (χ3n) is 2.43. The van der Waals surface area contributed by atoms with Crippen LogP contribution in [0.25, 0.3) is 0 Å². The van der Waals surface area contributed by atoms with Gasteiger partial charge < -0.3 is 4.74 Å². The fourth-order valence-corrected chi connectivity index (χ4v) is 1.25. The Labute approximate surface area is 95.4 Å². The fourth-order valence-electron chi connectivity index (χ4n) is 1.25. The highest BCUT2D eigenvalue weighted by atomic mass is 16.5. The zero-order chi connectivity index (χ0) is 12.1. The van der Waals surface area contributed by atoms with Gasteiger partial charge >= 0.3 is 5.97 Å². The maximum absolute atomic E-state index is 11.4. The number of ether oxygens (including phenoxy) is 1. The van der Waals surface area contributed by atoms with Gasteiger partial charge in [-0.15, -0.1) is 0 Å². The van der Waals surface area contributed by atoms with Gasteiger partial charge in [0.2, 0.25) is 0 Å². The van der Waals surface area contributed by atoms with E-state index in [0.29, 0.717) is 0 Å². The molecule has 1 aromatic carbocycles. The summed E-state index contributed by atoms with van der Waals surface area (Å²) < 4.78 is 5.05. The molecule has 0 aliphatic rings. The zero-order valence-corrected chi connectivity index (χ0v) is 9.82. The highest BCUT2D eigenvalue weighted by molar-refractivity contribution is 5.97. The maximum atomic E-state index is 11.4. The molecule has 0 N–H and O–H groups in total. The molecule has 0 fully saturated rings. The van der Waals surface area contributed by atoms with E-state index in [0.717, 1.165) is 11.1 Å². The molecule has 0 aliphatic carbocycles. The fraction of sp³-hybridized carbons (Fsp3) is 0.385. The lowest BCUT2D eigenvalue weighted by Gasteiger charge is -2.08. The molecule has 86 valence electrons. The lowest BCUT2D eigenvalue weighted by atomic mass is 10.1. The second kappa shape index (κ2) is 5.45. The molecule has 0 radical (unpaired) electrons. The Kier molecular flexibility index (Phi) is 4.23. The van der Waals surface area contributed by atoms with Crippen molar-refractivity contribution in [1.82, 2.24) is 0 Å². The number of hydrogen-bond donors (Lipinski definition) is 0. The zero-order valence-electron chi connectivity index (χ0n) is 9.82. The number of benzene rings is 1. The van der Waals surface area contributed by atoms with Crippen LogP contribution in [0.1, 0.15) is 25.0 Å². The first-order chi connectivity index (χ1) is 7.50. The van der Waals surface area contributed by atoms with Crippen LogP contribution in [0.2, 0.25) is 0 Å². The van der Waals surface area contributed by atoms with E-state index in [9.17, 15) is 9.59 Å². The highest BCUT2D eigenvalue weighted by Crippen LogP contribution is 2.07. The quantitative estimate of drug-likeness (QED) is 0.577. The number of carbonyl (C=O) groups is 2. The molecule has 0 aliphatic heterocycles. The molecule has 1 rings (SSSR count). The summed E-state index contributed by atoms with van der Waals surface area (Å²) in [7, 11) is 0. The highest BCUT2D eigenvalue weighted by Gasteiger charge is 2.18. The van der Waals surface area contributed by atoms with Crippen molar-refractivity contribution in [2.45, 2.75) is 27.4 Å². The summed E-state index contributed by atoms with van der Waals surface area (Å²) in [6, 6.07) is 7.72. The summed E-state index contributed by atoms with van der Waals surface area (Å²) >= 11 is 0. The lowest BCUT2D eigenvalue weighted by Crippen LogP contribution is -2.20. The molecule has 0 spiro atoms. The third-order valence-corrected chi connectivity index (χ3v) is 2.43. The van der Waals surface area contributed by atoms with Gasteiger partial charge in [-0.05, 0) is 26.3 Å². The number of esters is 1. The molecular weight excluding hydrogens is 204 g/mol. The Morgan fingerprint density at radius 3 is 2.62 bits per heavy atom. The van der Waals surface area contributed by atoms with Crippen molar-refractivity contribution in [3.63, 3.8) is 0 Å². The van der Waals surface area contributed by atoms with Gasteiger partial charge in [0.1, 0.15) is 18.3 Å². The average Bonchev–Trinajstić information content (AvgIpc) is 2.24. The van der Waals surface area contributed by atoms with Crippen LogP contribution in [0.5, 0.6) is 0 Å². The minimum absolute atomic E-state index is 0.172. The van der Waals surface area contributed by atoms with Crippen LogP contribution < -0.4 is 0 Å². The summed E-state index contributed by atoms with van der Waals surface area (Å²) in [5.74, 6) is -1.31. The van der Waals surface area contributed by atoms with Crippen molar-refractivity contribution in [1.29, 1.82) is 0 Å². The monoisotopic (exact) mass is 220 g/mol. The van der Waals surface area contributed by atoms with Crippen LogP contribution in [-0.4, -0.2) is 11.8 Å². The topological polar surface area (TPSA) is 43.4 Å². The van der Waals surface area contributed by atoms with E-state index in [1.807, 2.05) is 31.2 Å². The lowest BCUT2D eigenvalue weighted by molar-refractivity contribution is -0.152. The van der Waals surface area contributed by atoms with Gasteiger partial charge in [0.05, 0.1) is 0 Å². The molecule has 1 aromatic rings. The number of ketones is 1. The summed E-state index contributed by atoms with van der Waals surface area (Å²) in [6.07, 6.45) is 0. The van der Waals surface area contributed by atoms with Gasteiger partial charge in [0.25, 0.3) is 0 Å². The molecule has 0 amide bonds. The number of hydrogen-bond acceptors (Lipinski definition) is 3. The Balaban J connectivity index is 2.52. The first kappa shape index (κ1) is 12.4. The van der Waals surface area contributed by atoms with E-state index in [4.69, 9.17) is 4.74 Å². The van der Waals surface area contributed by atoms with Gasteiger partial charge in [0, 0.05) is 0 Å². The second-order valence-electron chi connectivity index (χ2n) is 3.93. The van der Waals surface area contributed by atoms with E-state index < -0.39 is 11.9 Å². The van der Waals surface area contributed by atoms with Crippen LogP contribution in [0, 0.1) is 12.8 Å². The van der Waals surface area contributed by atoms with Gasteiger partial charge in [-0.2, -0.15) is 0 Å². The second-order valence-corrected chi connectivity index (χ2v) is 3.93. The molecule has 16 heavy (non-hydrogen) atoms. The molecule has 3 heteroatoms. The van der Waals surface area contributed by atoms with Crippen LogP contribution in [0.3, 0.4) is 0 Å². The molecule has 1 unspecified atom stereocenters. The predicted molar refractivity (Wildman–Crippen MR) is 60.8 cm³/mol. The number of rotatable bonds is 4. The van der Waals surface area contributed by atoms with E-state index in [2.05, 4.69) is 0 Å². The number of carbonyl (C=O) groups excluding carboxylic acids is 2. The Morgan fingerprint density at radius 2 is 2.06 bits per heavy atom. The number of aryl methyl sites for hydroxylation is 1. The third kappa shape index (κ3) is 3.50. The van der Waals surface area contributed by atoms with Gasteiger partial charge in [0.15, 0.2) is 0 Å². The molecule has 0 saturated heterocycles. The molecule has 1 atom stereocenters. The van der Waals surface area contributed by atoms with Gasteiger partial charge in [-0.25, -0.2) is 0 Å². The van der Waals surface area contributed by atoms with E-state index in [1.165, 1.54) is 6.92 Å². The van der Waals surface area contributed by atoms with Crippen LogP contribution in [-0.2, 0) is 20.9 Å². The summed E-state index contributed by atoms with van der Waals surface area (Å²) in [5.41, 5.74) is 2.05. The van der Waals surface area contributed by atoms with E-state index in [1.54, 1.807) is 6.92 Å². The van der Waals surface area contributed by atoms with Crippen molar-refractivity contribution in [3.8, 4) is 0 Å². The van der Waals surface area contributed by atoms with Crippen molar-refractivity contribution in [3.05, 3.63) is 35.4 Å². The summed E-state index contributed by atoms with van der Waals surface area (Å²) in [4.78, 5) is 22.3. The molecule has 0 bridgehead atoms. The van der Waals surface area contributed by atoms with E-state index >= 15 is 0 Å². The van der Waals surface area contributed by atoms with Crippen LogP contribution in [0.15, 0.2) is 24.3 Å². The van der Waals surface area contributed by atoms with Crippen molar-refractivity contribution in [2.24, 2.45) is 5.92 Å². The van der Waals surface area contributed by atoms with Crippen molar-refractivity contribution in [2.75, 3.05) is 0 Å². The summed E-state index contributed by atoms with van der Waals surface area (Å²) in [5, 5.41) is 0.